The Morgan fingerprint density at radius 3 is 2.87 bits per heavy atom. The summed E-state index contributed by atoms with van der Waals surface area (Å²) in [6.45, 7) is 1.90. The van der Waals surface area contributed by atoms with E-state index in [0.29, 0.717) is 22.3 Å². The van der Waals surface area contributed by atoms with Crippen molar-refractivity contribution in [2.75, 3.05) is 5.32 Å². The lowest BCUT2D eigenvalue weighted by Crippen LogP contribution is -2.12. The summed E-state index contributed by atoms with van der Waals surface area (Å²) in [4.78, 5) is 21.0. The summed E-state index contributed by atoms with van der Waals surface area (Å²) < 4.78 is 5.54. The van der Waals surface area contributed by atoms with Gasteiger partial charge in [0.15, 0.2) is 0 Å². The lowest BCUT2D eigenvalue weighted by atomic mass is 10.1. The number of hydrogen-bond donors (Lipinski definition) is 1. The molecule has 1 amide bonds. The van der Waals surface area contributed by atoms with Gasteiger partial charge in [-0.1, -0.05) is 6.07 Å². The Labute approximate surface area is 132 Å². The van der Waals surface area contributed by atoms with Crippen molar-refractivity contribution in [1.82, 2.24) is 9.97 Å². The van der Waals surface area contributed by atoms with E-state index in [2.05, 4.69) is 15.3 Å². The summed E-state index contributed by atoms with van der Waals surface area (Å²) in [5.41, 5.74) is 3.30. The van der Waals surface area contributed by atoms with E-state index in [1.54, 1.807) is 24.5 Å². The van der Waals surface area contributed by atoms with Crippen molar-refractivity contribution in [1.29, 1.82) is 0 Å². The number of anilines is 1. The van der Waals surface area contributed by atoms with E-state index in [4.69, 9.17) is 4.42 Å². The van der Waals surface area contributed by atoms with E-state index < -0.39 is 0 Å². The first kappa shape index (κ1) is 13.5. The fourth-order valence-electron chi connectivity index (χ4n) is 2.63. The summed E-state index contributed by atoms with van der Waals surface area (Å²) in [5, 5.41) is 3.86. The Morgan fingerprint density at radius 1 is 1.09 bits per heavy atom. The molecule has 4 rings (SSSR count). The van der Waals surface area contributed by atoms with Crippen molar-refractivity contribution in [2.45, 2.75) is 6.92 Å². The number of amides is 1. The van der Waals surface area contributed by atoms with Crippen LogP contribution >= 0.6 is 0 Å². The standard InChI is InChI=1S/C18H13N3O2/c1-11-9-12-10-13(5-6-16(12)23-11)21-18(22)14-3-2-4-15-17(14)20-8-7-19-15/h2-10H,1H3,(H,21,22). The number of fused-ring (bicyclic) bond motifs is 2. The third-order valence-electron chi connectivity index (χ3n) is 3.64. The van der Waals surface area contributed by atoms with Crippen molar-refractivity contribution < 1.29 is 9.21 Å². The molecule has 2 heterocycles. The van der Waals surface area contributed by atoms with E-state index in [-0.39, 0.29) is 5.91 Å². The topological polar surface area (TPSA) is 68.0 Å². The molecule has 4 aromatic rings. The number of rotatable bonds is 2. The van der Waals surface area contributed by atoms with Crippen LogP contribution in [0.4, 0.5) is 5.69 Å². The molecule has 0 bridgehead atoms. The maximum absolute atomic E-state index is 12.6. The highest BCUT2D eigenvalue weighted by molar-refractivity contribution is 6.11. The maximum Gasteiger partial charge on any atom is 0.257 e. The van der Waals surface area contributed by atoms with Crippen LogP contribution in [0.15, 0.2) is 59.3 Å². The number of hydrogen-bond acceptors (Lipinski definition) is 4. The summed E-state index contributed by atoms with van der Waals surface area (Å²) in [5.74, 6) is 0.628. The average Bonchev–Trinajstić information content (AvgIpc) is 2.93. The molecular formula is C18H13N3O2. The quantitative estimate of drug-likeness (QED) is 0.609. The minimum Gasteiger partial charge on any atom is -0.461 e. The first-order chi connectivity index (χ1) is 11.2. The number of nitrogens with zero attached hydrogens (tertiary/aromatic N) is 2. The lowest BCUT2D eigenvalue weighted by Gasteiger charge is -2.07. The van der Waals surface area contributed by atoms with Gasteiger partial charge in [0.25, 0.3) is 5.91 Å². The third kappa shape index (κ3) is 2.42. The van der Waals surface area contributed by atoms with Crippen molar-refractivity contribution in [2.24, 2.45) is 0 Å². The number of aromatic nitrogens is 2. The molecule has 0 spiro atoms. The van der Waals surface area contributed by atoms with Crippen LogP contribution in [0.1, 0.15) is 16.1 Å². The zero-order valence-electron chi connectivity index (χ0n) is 12.4. The molecule has 0 radical (unpaired) electrons. The average molecular weight is 303 g/mol. The number of carbonyl (C=O) groups is 1. The van der Waals surface area contributed by atoms with Gasteiger partial charge in [-0.05, 0) is 43.3 Å². The molecule has 0 saturated carbocycles. The van der Waals surface area contributed by atoms with Crippen molar-refractivity contribution in [3.05, 3.63) is 66.2 Å². The molecular weight excluding hydrogens is 290 g/mol. The summed E-state index contributed by atoms with van der Waals surface area (Å²) in [7, 11) is 0. The third-order valence-corrected chi connectivity index (χ3v) is 3.64. The predicted octanol–water partition coefficient (Wildman–Crippen LogP) is 3.94. The highest BCUT2D eigenvalue weighted by Crippen LogP contribution is 2.23. The SMILES string of the molecule is Cc1cc2cc(NC(=O)c3cccc4nccnc34)ccc2o1. The molecule has 0 aliphatic carbocycles. The van der Waals surface area contributed by atoms with Crippen LogP contribution in [-0.2, 0) is 0 Å². The normalized spacial score (nSPS) is 11.0. The molecule has 112 valence electrons. The van der Waals surface area contributed by atoms with Crippen LogP contribution in [0, 0.1) is 6.92 Å². The van der Waals surface area contributed by atoms with Gasteiger partial charge in [0.1, 0.15) is 16.9 Å². The van der Waals surface area contributed by atoms with Gasteiger partial charge in [-0.25, -0.2) is 0 Å². The first-order valence-electron chi connectivity index (χ1n) is 7.22. The van der Waals surface area contributed by atoms with Crippen LogP contribution in [-0.4, -0.2) is 15.9 Å². The molecule has 23 heavy (non-hydrogen) atoms. The van der Waals surface area contributed by atoms with E-state index in [1.807, 2.05) is 37.3 Å². The van der Waals surface area contributed by atoms with Crippen LogP contribution in [0.3, 0.4) is 0 Å². The summed E-state index contributed by atoms with van der Waals surface area (Å²) in [6, 6.07) is 12.9. The molecule has 5 heteroatoms. The lowest BCUT2D eigenvalue weighted by molar-refractivity contribution is 0.102. The molecule has 0 fully saturated rings. The highest BCUT2D eigenvalue weighted by Gasteiger charge is 2.12. The van der Waals surface area contributed by atoms with E-state index in [1.165, 1.54) is 0 Å². The minimum atomic E-state index is -0.212. The highest BCUT2D eigenvalue weighted by atomic mass is 16.3. The van der Waals surface area contributed by atoms with Gasteiger partial charge in [0.05, 0.1) is 11.1 Å². The smallest absolute Gasteiger partial charge is 0.257 e. The zero-order valence-corrected chi connectivity index (χ0v) is 12.4. The zero-order chi connectivity index (χ0) is 15.8. The van der Waals surface area contributed by atoms with Crippen LogP contribution in [0.25, 0.3) is 22.0 Å². The van der Waals surface area contributed by atoms with Crippen LogP contribution in [0.2, 0.25) is 0 Å². The second kappa shape index (κ2) is 5.21. The van der Waals surface area contributed by atoms with Gasteiger partial charge in [-0.2, -0.15) is 0 Å². The number of carbonyl (C=O) groups excluding carboxylic acids is 1. The van der Waals surface area contributed by atoms with E-state index in [9.17, 15) is 4.79 Å². The molecule has 0 aliphatic rings. The Morgan fingerprint density at radius 2 is 1.96 bits per heavy atom. The molecule has 5 nitrogen and oxygen atoms in total. The molecule has 1 N–H and O–H groups in total. The van der Waals surface area contributed by atoms with Crippen molar-refractivity contribution in [3.8, 4) is 0 Å². The fraction of sp³-hybridized carbons (Fsp3) is 0.0556. The van der Waals surface area contributed by atoms with Crippen LogP contribution in [0.5, 0.6) is 0 Å². The second-order valence-electron chi connectivity index (χ2n) is 5.29. The summed E-state index contributed by atoms with van der Waals surface area (Å²) in [6.07, 6.45) is 3.19. The van der Waals surface area contributed by atoms with Gasteiger partial charge in [-0.15, -0.1) is 0 Å². The molecule has 0 saturated heterocycles. The number of para-hydroxylation sites is 1. The number of furan rings is 1. The van der Waals surface area contributed by atoms with Gasteiger partial charge in [0, 0.05) is 23.5 Å². The Hall–Kier alpha value is -3.21. The minimum absolute atomic E-state index is 0.212. The second-order valence-corrected chi connectivity index (χ2v) is 5.29. The van der Waals surface area contributed by atoms with E-state index in [0.717, 1.165) is 16.7 Å². The van der Waals surface area contributed by atoms with Gasteiger partial charge in [0.2, 0.25) is 0 Å². The van der Waals surface area contributed by atoms with Gasteiger partial charge >= 0.3 is 0 Å². The first-order valence-corrected chi connectivity index (χ1v) is 7.22. The fourth-order valence-corrected chi connectivity index (χ4v) is 2.63. The molecule has 0 unspecified atom stereocenters. The van der Waals surface area contributed by atoms with Gasteiger partial charge in [-0.3, -0.25) is 14.8 Å². The van der Waals surface area contributed by atoms with Crippen molar-refractivity contribution in [3.63, 3.8) is 0 Å². The van der Waals surface area contributed by atoms with Crippen molar-refractivity contribution >= 4 is 33.6 Å². The molecule has 2 aromatic carbocycles. The number of benzene rings is 2. The Kier molecular flexibility index (Phi) is 3.05. The largest absolute Gasteiger partial charge is 0.461 e. The van der Waals surface area contributed by atoms with Gasteiger partial charge < -0.3 is 9.73 Å². The van der Waals surface area contributed by atoms with E-state index >= 15 is 0 Å². The monoisotopic (exact) mass is 303 g/mol. The Balaban J connectivity index is 1.70. The van der Waals surface area contributed by atoms with Crippen LogP contribution < -0.4 is 5.32 Å². The summed E-state index contributed by atoms with van der Waals surface area (Å²) >= 11 is 0. The number of nitrogens with one attached hydrogen (secondary N) is 1. The molecule has 2 aromatic heterocycles. The maximum atomic E-state index is 12.6. The predicted molar refractivity (Wildman–Crippen MR) is 88.4 cm³/mol. The number of aryl methyl sites for hydroxylation is 1. The Bertz CT molecular complexity index is 1030. The molecule has 0 aliphatic heterocycles. The molecule has 0 atom stereocenters.